The van der Waals surface area contributed by atoms with Crippen LogP contribution in [0.5, 0.6) is 0 Å². The third-order valence-corrected chi connectivity index (χ3v) is 5.79. The van der Waals surface area contributed by atoms with E-state index in [1.54, 1.807) is 10.8 Å². The van der Waals surface area contributed by atoms with E-state index in [0.717, 1.165) is 55.3 Å². The number of rotatable bonds is 4. The van der Waals surface area contributed by atoms with E-state index in [1.165, 1.54) is 11.8 Å². The molecule has 9 heteroatoms. The average molecular weight is 392 g/mol. The number of carbonyl (C=O) groups excluding carboxylic acids is 1. The van der Waals surface area contributed by atoms with Crippen molar-refractivity contribution in [3.63, 3.8) is 0 Å². The molecule has 5 rings (SSSR count). The number of pyridine rings is 1. The van der Waals surface area contributed by atoms with E-state index in [9.17, 15) is 4.79 Å². The van der Waals surface area contributed by atoms with E-state index in [4.69, 9.17) is 5.10 Å². The van der Waals surface area contributed by atoms with Gasteiger partial charge in [0, 0.05) is 44.4 Å². The second-order valence-electron chi connectivity index (χ2n) is 7.80. The summed E-state index contributed by atoms with van der Waals surface area (Å²) in [5.41, 5.74) is 3.96. The topological polar surface area (TPSA) is 83.6 Å². The fourth-order valence-electron chi connectivity index (χ4n) is 4.22. The van der Waals surface area contributed by atoms with Crippen molar-refractivity contribution in [3.8, 4) is 0 Å². The van der Waals surface area contributed by atoms with Crippen LogP contribution >= 0.6 is 0 Å². The highest BCUT2D eigenvalue weighted by atomic mass is 16.2. The third kappa shape index (κ3) is 3.27. The molecule has 3 aromatic rings. The third-order valence-electron chi connectivity index (χ3n) is 5.79. The normalized spacial score (nSPS) is 19.5. The minimum atomic E-state index is -0.0127. The van der Waals surface area contributed by atoms with Crippen molar-refractivity contribution in [1.29, 1.82) is 0 Å². The molecule has 0 aromatic carbocycles. The summed E-state index contributed by atoms with van der Waals surface area (Å²) in [6.07, 6.45) is 5.87. The molecule has 2 aliphatic rings. The van der Waals surface area contributed by atoms with E-state index in [0.29, 0.717) is 6.54 Å². The highest BCUT2D eigenvalue weighted by Crippen LogP contribution is 2.31. The fourth-order valence-corrected chi connectivity index (χ4v) is 4.22. The van der Waals surface area contributed by atoms with Gasteiger partial charge in [-0.25, -0.2) is 9.50 Å². The highest BCUT2D eigenvalue weighted by molar-refractivity contribution is 5.87. The van der Waals surface area contributed by atoms with Crippen LogP contribution in [0.1, 0.15) is 23.6 Å². The predicted octanol–water partition coefficient (Wildman–Crippen LogP) is 1.62. The molecule has 1 saturated heterocycles. The summed E-state index contributed by atoms with van der Waals surface area (Å²) < 4.78 is 3.85. The molecular formula is C20H24N8O. The Morgan fingerprint density at radius 1 is 1.31 bits per heavy atom. The smallest absolute Gasteiger partial charge is 0.245 e. The van der Waals surface area contributed by atoms with Crippen molar-refractivity contribution in [2.75, 3.05) is 32.0 Å². The Hall–Kier alpha value is -3.20. The SMILES string of the molecule is C=CC(=O)N1CC[C@@H](c2cc(Nc3cc4n(n3)CCN(C)C4)c3ncnn3c2)C1. The number of nitrogens with one attached hydrogen (secondary N) is 1. The monoisotopic (exact) mass is 392 g/mol. The summed E-state index contributed by atoms with van der Waals surface area (Å²) in [6, 6.07) is 4.20. The summed E-state index contributed by atoms with van der Waals surface area (Å²) in [5.74, 6) is 1.06. The van der Waals surface area contributed by atoms with Gasteiger partial charge < -0.3 is 10.2 Å². The number of hydrogen-bond acceptors (Lipinski definition) is 6. The molecule has 1 atom stereocenters. The highest BCUT2D eigenvalue weighted by Gasteiger charge is 2.27. The minimum absolute atomic E-state index is 0.0127. The zero-order valence-electron chi connectivity index (χ0n) is 16.5. The molecule has 0 saturated carbocycles. The Morgan fingerprint density at radius 2 is 2.21 bits per heavy atom. The van der Waals surface area contributed by atoms with E-state index in [1.807, 2.05) is 11.1 Å². The average Bonchev–Trinajstić information content (AvgIpc) is 3.45. The quantitative estimate of drug-likeness (QED) is 0.680. The fraction of sp³-hybridized carbons (Fsp3) is 0.400. The first kappa shape index (κ1) is 17.9. The van der Waals surface area contributed by atoms with Gasteiger partial charge in [0.2, 0.25) is 5.91 Å². The first-order chi connectivity index (χ1) is 14.1. The maximum atomic E-state index is 11.9. The molecule has 0 spiro atoms. The van der Waals surface area contributed by atoms with Crippen LogP contribution in [-0.2, 0) is 17.9 Å². The Kier molecular flexibility index (Phi) is 4.31. The Labute approximate surface area is 168 Å². The van der Waals surface area contributed by atoms with Crippen molar-refractivity contribution in [2.45, 2.75) is 25.4 Å². The number of hydrogen-bond donors (Lipinski definition) is 1. The van der Waals surface area contributed by atoms with Crippen LogP contribution in [0.2, 0.25) is 0 Å². The molecule has 5 heterocycles. The predicted molar refractivity (Wildman–Crippen MR) is 109 cm³/mol. The maximum Gasteiger partial charge on any atom is 0.245 e. The summed E-state index contributed by atoms with van der Waals surface area (Å²) in [4.78, 5) is 20.5. The molecule has 2 aliphatic heterocycles. The van der Waals surface area contributed by atoms with E-state index >= 15 is 0 Å². The van der Waals surface area contributed by atoms with Gasteiger partial charge in [0.25, 0.3) is 0 Å². The summed E-state index contributed by atoms with van der Waals surface area (Å²) in [5, 5.41) is 12.5. The van der Waals surface area contributed by atoms with E-state index < -0.39 is 0 Å². The largest absolute Gasteiger partial charge is 0.339 e. The van der Waals surface area contributed by atoms with Crippen LogP contribution in [0.3, 0.4) is 0 Å². The Morgan fingerprint density at radius 3 is 3.07 bits per heavy atom. The number of amides is 1. The van der Waals surface area contributed by atoms with Crippen molar-refractivity contribution in [1.82, 2.24) is 34.2 Å². The van der Waals surface area contributed by atoms with Crippen LogP contribution < -0.4 is 5.32 Å². The molecule has 1 N–H and O–H groups in total. The maximum absolute atomic E-state index is 11.9. The molecule has 29 heavy (non-hydrogen) atoms. The summed E-state index contributed by atoms with van der Waals surface area (Å²) in [6.45, 7) is 7.81. The lowest BCUT2D eigenvalue weighted by Crippen LogP contribution is -2.30. The van der Waals surface area contributed by atoms with Gasteiger partial charge in [-0.2, -0.15) is 10.2 Å². The number of aromatic nitrogens is 5. The number of nitrogens with zero attached hydrogens (tertiary/aromatic N) is 7. The molecule has 0 radical (unpaired) electrons. The first-order valence-corrected chi connectivity index (χ1v) is 9.87. The van der Waals surface area contributed by atoms with Crippen molar-refractivity contribution in [3.05, 3.63) is 48.6 Å². The van der Waals surface area contributed by atoms with Gasteiger partial charge in [-0.05, 0) is 31.2 Å². The Balaban J connectivity index is 1.44. The van der Waals surface area contributed by atoms with Gasteiger partial charge >= 0.3 is 0 Å². The molecule has 9 nitrogen and oxygen atoms in total. The minimum Gasteiger partial charge on any atom is -0.339 e. The summed E-state index contributed by atoms with van der Waals surface area (Å²) >= 11 is 0. The lowest BCUT2D eigenvalue weighted by atomic mass is 10.00. The molecule has 0 aliphatic carbocycles. The van der Waals surface area contributed by atoms with Gasteiger partial charge in [0.15, 0.2) is 11.5 Å². The van der Waals surface area contributed by atoms with Crippen LogP contribution in [0.15, 0.2) is 37.3 Å². The molecule has 1 amide bonds. The second kappa shape index (κ2) is 7.00. The van der Waals surface area contributed by atoms with Gasteiger partial charge in [0.05, 0.1) is 17.9 Å². The first-order valence-electron chi connectivity index (χ1n) is 9.87. The number of fused-ring (bicyclic) bond motifs is 2. The van der Waals surface area contributed by atoms with Crippen LogP contribution in [0.25, 0.3) is 5.65 Å². The van der Waals surface area contributed by atoms with E-state index in [-0.39, 0.29) is 11.8 Å². The van der Waals surface area contributed by atoms with Gasteiger partial charge in [-0.3, -0.25) is 14.4 Å². The lowest BCUT2D eigenvalue weighted by Gasteiger charge is -2.22. The molecule has 3 aromatic heterocycles. The van der Waals surface area contributed by atoms with Crippen molar-refractivity contribution in [2.24, 2.45) is 0 Å². The van der Waals surface area contributed by atoms with Gasteiger partial charge in [0.1, 0.15) is 6.33 Å². The standard InChI is InChI=1S/C20H24N8O/c1-3-19(29)26-5-4-14(10-26)15-8-17(20-21-13-22-28(20)11-15)23-18-9-16-12-25(2)6-7-27(16)24-18/h3,8-9,11,13-14H,1,4-7,10,12H2,2H3,(H,23,24)/t14-/m1/s1. The number of carbonyl (C=O) groups is 1. The zero-order chi connectivity index (χ0) is 20.0. The molecule has 150 valence electrons. The van der Waals surface area contributed by atoms with Crippen molar-refractivity contribution >= 4 is 23.1 Å². The van der Waals surface area contributed by atoms with Crippen LogP contribution in [0, 0.1) is 0 Å². The van der Waals surface area contributed by atoms with Crippen LogP contribution in [-0.4, -0.2) is 66.8 Å². The second-order valence-corrected chi connectivity index (χ2v) is 7.80. The number of likely N-dealkylation sites (N-methyl/N-ethyl adjacent to an activating group) is 1. The molecular weight excluding hydrogens is 368 g/mol. The molecule has 0 bridgehead atoms. The van der Waals surface area contributed by atoms with Crippen LogP contribution in [0.4, 0.5) is 11.5 Å². The van der Waals surface area contributed by atoms with Gasteiger partial charge in [-0.1, -0.05) is 6.58 Å². The molecule has 0 unspecified atom stereocenters. The van der Waals surface area contributed by atoms with Gasteiger partial charge in [-0.15, -0.1) is 0 Å². The lowest BCUT2D eigenvalue weighted by molar-refractivity contribution is -0.125. The number of anilines is 2. The molecule has 1 fully saturated rings. The van der Waals surface area contributed by atoms with E-state index in [2.05, 4.69) is 50.7 Å². The Bertz CT molecular complexity index is 1080. The van der Waals surface area contributed by atoms with Crippen molar-refractivity contribution < 1.29 is 4.79 Å². The zero-order valence-corrected chi connectivity index (χ0v) is 16.5. The number of likely N-dealkylation sites (tertiary alicyclic amines) is 1. The summed E-state index contributed by atoms with van der Waals surface area (Å²) in [7, 11) is 2.12.